The molecule has 1 aromatic rings. The molecule has 0 aliphatic carbocycles. The van der Waals surface area contributed by atoms with Gasteiger partial charge in [0, 0.05) is 38.1 Å². The van der Waals surface area contributed by atoms with Crippen LogP contribution in [0.15, 0.2) is 27.8 Å². The van der Waals surface area contributed by atoms with Crippen molar-refractivity contribution in [2.75, 3.05) is 45.9 Å². The number of aliphatic imine (C=N–C) groups is 1. The number of likely N-dealkylation sites (N-methyl/N-ethyl adjacent to an activating group) is 1. The maximum atomic E-state index is 11.9. The van der Waals surface area contributed by atoms with Crippen LogP contribution in [0, 0.1) is 0 Å². The Labute approximate surface area is 180 Å². The van der Waals surface area contributed by atoms with Gasteiger partial charge >= 0.3 is 6.09 Å². The smallest absolute Gasteiger partial charge is 0.409 e. The van der Waals surface area contributed by atoms with Gasteiger partial charge in [-0.05, 0) is 57.8 Å². The zero-order valence-corrected chi connectivity index (χ0v) is 18.4. The molecule has 2 fully saturated rings. The Morgan fingerprint density at radius 2 is 2.10 bits per heavy atom. The molecule has 8 nitrogen and oxygen atoms in total. The first-order valence-corrected chi connectivity index (χ1v) is 11.4. The summed E-state index contributed by atoms with van der Waals surface area (Å²) in [6, 6.07) is 4.74. The van der Waals surface area contributed by atoms with E-state index in [-0.39, 0.29) is 6.09 Å². The first-order chi connectivity index (χ1) is 14.7. The standard InChI is InChI=1S/C22H37N5O3/c1-3-26-13-5-7-19(26)17-24-21(23-12-9-20-8-6-16-30-20)25-18-10-14-27(15-11-18)22(28)29-4-2/h6,8,16,18-19H,3-5,7,9-15,17H2,1-2H3,(H2,23,24,25). The van der Waals surface area contributed by atoms with E-state index in [1.54, 1.807) is 11.2 Å². The number of nitrogens with one attached hydrogen (secondary N) is 2. The van der Waals surface area contributed by atoms with Gasteiger partial charge in [0.25, 0.3) is 0 Å². The van der Waals surface area contributed by atoms with Crippen LogP contribution in [0.4, 0.5) is 4.79 Å². The molecular weight excluding hydrogens is 382 g/mol. The van der Waals surface area contributed by atoms with E-state index in [0.717, 1.165) is 50.6 Å². The zero-order valence-electron chi connectivity index (χ0n) is 18.4. The average Bonchev–Trinajstić information content (AvgIpc) is 3.44. The predicted octanol–water partition coefficient (Wildman–Crippen LogP) is 2.46. The lowest BCUT2D eigenvalue weighted by atomic mass is 10.1. The van der Waals surface area contributed by atoms with Crippen LogP contribution in [-0.2, 0) is 11.2 Å². The van der Waals surface area contributed by atoms with Gasteiger partial charge in [0.05, 0.1) is 19.4 Å². The van der Waals surface area contributed by atoms with E-state index in [4.69, 9.17) is 14.1 Å². The second-order valence-electron chi connectivity index (χ2n) is 7.97. The molecule has 0 aromatic carbocycles. The number of hydrogen-bond acceptors (Lipinski definition) is 5. The van der Waals surface area contributed by atoms with Gasteiger partial charge in [-0.1, -0.05) is 6.92 Å². The third-order valence-electron chi connectivity index (χ3n) is 5.97. The fourth-order valence-corrected chi connectivity index (χ4v) is 4.24. The molecule has 2 aliphatic rings. The first kappa shape index (κ1) is 22.5. The summed E-state index contributed by atoms with van der Waals surface area (Å²) >= 11 is 0. The van der Waals surface area contributed by atoms with Gasteiger partial charge in [0.15, 0.2) is 5.96 Å². The molecule has 168 valence electrons. The average molecular weight is 420 g/mol. The quantitative estimate of drug-likeness (QED) is 0.498. The molecule has 2 aliphatic heterocycles. The zero-order chi connectivity index (χ0) is 21.2. The third kappa shape index (κ3) is 6.65. The van der Waals surface area contributed by atoms with Crippen molar-refractivity contribution in [2.24, 2.45) is 4.99 Å². The Hall–Kier alpha value is -2.22. The Morgan fingerprint density at radius 1 is 1.27 bits per heavy atom. The van der Waals surface area contributed by atoms with Gasteiger partial charge in [0.1, 0.15) is 5.76 Å². The Balaban J connectivity index is 1.52. The Bertz CT molecular complexity index is 656. The van der Waals surface area contributed by atoms with Gasteiger partial charge in [-0.15, -0.1) is 0 Å². The highest BCUT2D eigenvalue weighted by atomic mass is 16.6. The number of carbonyl (C=O) groups is 1. The van der Waals surface area contributed by atoms with E-state index in [1.807, 2.05) is 19.1 Å². The van der Waals surface area contributed by atoms with E-state index in [1.165, 1.54) is 19.4 Å². The molecule has 3 heterocycles. The summed E-state index contributed by atoms with van der Waals surface area (Å²) in [6.07, 6.45) is 6.58. The summed E-state index contributed by atoms with van der Waals surface area (Å²) in [5.74, 6) is 1.83. The van der Waals surface area contributed by atoms with Crippen molar-refractivity contribution in [2.45, 2.75) is 58.0 Å². The van der Waals surface area contributed by atoms with Gasteiger partial charge in [-0.3, -0.25) is 9.89 Å². The van der Waals surface area contributed by atoms with Crippen molar-refractivity contribution in [1.29, 1.82) is 0 Å². The number of nitrogens with zero attached hydrogens (tertiary/aromatic N) is 3. The molecule has 2 saturated heterocycles. The number of carbonyl (C=O) groups excluding carboxylic acids is 1. The van der Waals surface area contributed by atoms with E-state index >= 15 is 0 Å². The molecule has 3 rings (SSSR count). The summed E-state index contributed by atoms with van der Waals surface area (Å²) in [6.45, 7) is 9.75. The lowest BCUT2D eigenvalue weighted by molar-refractivity contribution is 0.0963. The van der Waals surface area contributed by atoms with Crippen LogP contribution in [0.25, 0.3) is 0 Å². The van der Waals surface area contributed by atoms with Crippen molar-refractivity contribution in [1.82, 2.24) is 20.4 Å². The molecule has 0 bridgehead atoms. The van der Waals surface area contributed by atoms with Gasteiger partial charge < -0.3 is 24.7 Å². The van der Waals surface area contributed by atoms with Crippen molar-refractivity contribution in [3.8, 4) is 0 Å². The number of piperidine rings is 1. The van der Waals surface area contributed by atoms with E-state index in [9.17, 15) is 4.79 Å². The molecule has 1 aromatic heterocycles. The predicted molar refractivity (Wildman–Crippen MR) is 118 cm³/mol. The van der Waals surface area contributed by atoms with Crippen LogP contribution in [0.3, 0.4) is 0 Å². The largest absolute Gasteiger partial charge is 0.469 e. The second-order valence-corrected chi connectivity index (χ2v) is 7.97. The molecule has 1 atom stereocenters. The molecule has 30 heavy (non-hydrogen) atoms. The summed E-state index contributed by atoms with van der Waals surface area (Å²) in [5, 5.41) is 7.07. The number of guanidine groups is 1. The number of amides is 1. The van der Waals surface area contributed by atoms with E-state index < -0.39 is 0 Å². The second kappa shape index (κ2) is 11.8. The van der Waals surface area contributed by atoms with E-state index in [2.05, 4.69) is 22.5 Å². The Kier molecular flexibility index (Phi) is 8.86. The monoisotopic (exact) mass is 419 g/mol. The van der Waals surface area contributed by atoms with Gasteiger partial charge in [-0.25, -0.2) is 4.79 Å². The normalized spacial score (nSPS) is 21.1. The first-order valence-electron chi connectivity index (χ1n) is 11.4. The molecule has 8 heteroatoms. The topological polar surface area (TPSA) is 82.3 Å². The molecular formula is C22H37N5O3. The van der Waals surface area contributed by atoms with Crippen LogP contribution in [0.2, 0.25) is 0 Å². The highest BCUT2D eigenvalue weighted by Gasteiger charge is 2.25. The van der Waals surface area contributed by atoms with Gasteiger partial charge in [-0.2, -0.15) is 0 Å². The van der Waals surface area contributed by atoms with Crippen LogP contribution in [0.5, 0.6) is 0 Å². The van der Waals surface area contributed by atoms with Crippen LogP contribution in [-0.4, -0.2) is 79.8 Å². The molecule has 0 saturated carbocycles. The highest BCUT2D eigenvalue weighted by Crippen LogP contribution is 2.17. The lowest BCUT2D eigenvalue weighted by Crippen LogP contribution is -2.50. The maximum Gasteiger partial charge on any atom is 0.409 e. The van der Waals surface area contributed by atoms with Crippen LogP contribution < -0.4 is 10.6 Å². The lowest BCUT2D eigenvalue weighted by Gasteiger charge is -2.32. The fraction of sp³-hybridized carbons (Fsp3) is 0.727. The van der Waals surface area contributed by atoms with Crippen molar-refractivity contribution < 1.29 is 13.9 Å². The summed E-state index contributed by atoms with van der Waals surface area (Å²) in [7, 11) is 0. The maximum absolute atomic E-state index is 11.9. The number of ether oxygens (including phenoxy) is 1. The Morgan fingerprint density at radius 3 is 2.80 bits per heavy atom. The van der Waals surface area contributed by atoms with Crippen LogP contribution >= 0.6 is 0 Å². The third-order valence-corrected chi connectivity index (χ3v) is 5.97. The highest BCUT2D eigenvalue weighted by molar-refractivity contribution is 5.80. The number of rotatable bonds is 8. The van der Waals surface area contributed by atoms with E-state index in [0.29, 0.717) is 31.8 Å². The number of likely N-dealkylation sites (tertiary alicyclic amines) is 2. The molecule has 2 N–H and O–H groups in total. The number of hydrogen-bond donors (Lipinski definition) is 2. The minimum absolute atomic E-state index is 0.206. The number of furan rings is 1. The van der Waals surface area contributed by atoms with Gasteiger partial charge in [0.2, 0.25) is 0 Å². The SMILES string of the molecule is CCOC(=O)N1CCC(NC(=NCC2CCCN2CC)NCCc2ccco2)CC1. The fourth-order valence-electron chi connectivity index (χ4n) is 4.24. The van der Waals surface area contributed by atoms with Crippen molar-refractivity contribution in [3.05, 3.63) is 24.2 Å². The minimum Gasteiger partial charge on any atom is -0.469 e. The summed E-state index contributed by atoms with van der Waals surface area (Å²) < 4.78 is 10.6. The van der Waals surface area contributed by atoms with Crippen molar-refractivity contribution in [3.63, 3.8) is 0 Å². The van der Waals surface area contributed by atoms with Crippen molar-refractivity contribution >= 4 is 12.1 Å². The molecule has 0 spiro atoms. The molecule has 1 unspecified atom stereocenters. The summed E-state index contributed by atoms with van der Waals surface area (Å²) in [5.41, 5.74) is 0. The minimum atomic E-state index is -0.206. The molecule has 0 radical (unpaired) electrons. The summed E-state index contributed by atoms with van der Waals surface area (Å²) in [4.78, 5) is 21.1. The molecule has 1 amide bonds. The van der Waals surface area contributed by atoms with Crippen LogP contribution in [0.1, 0.15) is 45.3 Å².